The van der Waals surface area contributed by atoms with E-state index in [2.05, 4.69) is 77.6 Å². The summed E-state index contributed by atoms with van der Waals surface area (Å²) < 4.78 is 5.37. The van der Waals surface area contributed by atoms with Crippen molar-refractivity contribution in [3.05, 3.63) is 120 Å². The van der Waals surface area contributed by atoms with Gasteiger partial charge < -0.3 is 4.74 Å². The predicted molar refractivity (Wildman–Crippen MR) is 124 cm³/mol. The third-order valence-electron chi connectivity index (χ3n) is 4.72. The van der Waals surface area contributed by atoms with Gasteiger partial charge in [0.1, 0.15) is 5.75 Å². The van der Waals surface area contributed by atoms with Crippen LogP contribution in [0.25, 0.3) is 10.5 Å². The molecule has 0 aliphatic heterocycles. The molecule has 3 nitrogen and oxygen atoms in total. The summed E-state index contributed by atoms with van der Waals surface area (Å²) in [5.41, 5.74) is 5.75. The standard InChI is InChI=1S/C26H22N2OS/c1-19-9-11-22(12-10-19)25(30-26-27-17-6-18-28-26)24(20-7-4-3-5-8-20)21-13-15-23(29-2)16-14-21/h3-18H,1-2H3/b25-24+. The van der Waals surface area contributed by atoms with E-state index in [0.717, 1.165) is 38.1 Å². The summed E-state index contributed by atoms with van der Waals surface area (Å²) in [6.45, 7) is 2.10. The Kier molecular flexibility index (Phi) is 6.26. The second kappa shape index (κ2) is 9.42. The molecule has 0 radical (unpaired) electrons. The van der Waals surface area contributed by atoms with Crippen molar-refractivity contribution in [1.82, 2.24) is 9.97 Å². The van der Waals surface area contributed by atoms with Gasteiger partial charge >= 0.3 is 0 Å². The van der Waals surface area contributed by atoms with Crippen LogP contribution in [0.4, 0.5) is 0 Å². The fourth-order valence-corrected chi connectivity index (χ4v) is 4.18. The first kappa shape index (κ1) is 19.9. The molecule has 0 spiro atoms. The second-order valence-electron chi connectivity index (χ2n) is 6.80. The molecule has 1 aromatic heterocycles. The maximum atomic E-state index is 5.37. The van der Waals surface area contributed by atoms with Crippen LogP contribution >= 0.6 is 11.8 Å². The zero-order chi connectivity index (χ0) is 20.8. The Morgan fingerprint density at radius 3 is 1.93 bits per heavy atom. The Hall–Kier alpha value is -3.37. The Labute approximate surface area is 181 Å². The molecule has 0 bridgehead atoms. The molecule has 0 aliphatic rings. The summed E-state index contributed by atoms with van der Waals surface area (Å²) in [5, 5.41) is 0.718. The smallest absolute Gasteiger partial charge is 0.192 e. The number of ether oxygens (including phenoxy) is 1. The minimum atomic E-state index is 0.718. The fraction of sp³-hybridized carbons (Fsp3) is 0.0769. The largest absolute Gasteiger partial charge is 0.497 e. The van der Waals surface area contributed by atoms with E-state index in [1.54, 1.807) is 31.3 Å². The number of nitrogens with zero attached hydrogens (tertiary/aromatic N) is 2. The van der Waals surface area contributed by atoms with Gasteiger partial charge in [-0.25, -0.2) is 9.97 Å². The minimum absolute atomic E-state index is 0.718. The number of hydrogen-bond donors (Lipinski definition) is 0. The molecule has 0 amide bonds. The Balaban J connectivity index is 1.96. The van der Waals surface area contributed by atoms with E-state index in [4.69, 9.17) is 4.74 Å². The van der Waals surface area contributed by atoms with E-state index in [1.165, 1.54) is 5.56 Å². The number of benzene rings is 3. The van der Waals surface area contributed by atoms with Gasteiger partial charge in [-0.05, 0) is 53.6 Å². The van der Waals surface area contributed by atoms with E-state index < -0.39 is 0 Å². The molecule has 4 heteroatoms. The lowest BCUT2D eigenvalue weighted by molar-refractivity contribution is 0.415. The quantitative estimate of drug-likeness (QED) is 0.206. The molecular formula is C26H22N2OS. The molecule has 4 rings (SSSR count). The van der Waals surface area contributed by atoms with Crippen molar-refractivity contribution in [2.75, 3.05) is 7.11 Å². The van der Waals surface area contributed by atoms with E-state index in [0.29, 0.717) is 0 Å². The van der Waals surface area contributed by atoms with Gasteiger partial charge in [-0.15, -0.1) is 0 Å². The lowest BCUT2D eigenvalue weighted by Gasteiger charge is -2.17. The number of aromatic nitrogens is 2. The zero-order valence-corrected chi connectivity index (χ0v) is 17.8. The monoisotopic (exact) mass is 410 g/mol. The maximum absolute atomic E-state index is 5.37. The van der Waals surface area contributed by atoms with Crippen LogP contribution in [-0.2, 0) is 0 Å². The molecule has 4 aromatic rings. The first-order valence-electron chi connectivity index (χ1n) is 9.70. The van der Waals surface area contributed by atoms with Gasteiger partial charge in [-0.3, -0.25) is 0 Å². The topological polar surface area (TPSA) is 35.0 Å². The normalized spacial score (nSPS) is 11.7. The van der Waals surface area contributed by atoms with Gasteiger partial charge in [0.25, 0.3) is 0 Å². The molecular weight excluding hydrogens is 388 g/mol. The van der Waals surface area contributed by atoms with Gasteiger partial charge in [-0.1, -0.05) is 72.3 Å². The summed E-state index contributed by atoms with van der Waals surface area (Å²) in [6.07, 6.45) is 3.55. The lowest BCUT2D eigenvalue weighted by atomic mass is 9.95. The molecule has 30 heavy (non-hydrogen) atoms. The number of rotatable bonds is 6. The van der Waals surface area contributed by atoms with E-state index >= 15 is 0 Å². The van der Waals surface area contributed by atoms with E-state index in [1.807, 2.05) is 24.3 Å². The van der Waals surface area contributed by atoms with Crippen molar-refractivity contribution in [3.8, 4) is 5.75 Å². The maximum Gasteiger partial charge on any atom is 0.192 e. The van der Waals surface area contributed by atoms with Gasteiger partial charge in [0.15, 0.2) is 5.16 Å². The van der Waals surface area contributed by atoms with Crippen molar-refractivity contribution < 1.29 is 4.74 Å². The van der Waals surface area contributed by atoms with Gasteiger partial charge in [0.05, 0.1) is 7.11 Å². The fourth-order valence-electron chi connectivity index (χ4n) is 3.18. The van der Waals surface area contributed by atoms with Crippen molar-refractivity contribution in [3.63, 3.8) is 0 Å². The first-order chi connectivity index (χ1) is 14.7. The molecule has 0 N–H and O–H groups in total. The third-order valence-corrected chi connectivity index (χ3v) is 5.75. The number of aryl methyl sites for hydroxylation is 1. The van der Waals surface area contributed by atoms with Crippen LogP contribution < -0.4 is 4.74 Å². The third kappa shape index (κ3) is 4.61. The molecule has 148 valence electrons. The van der Waals surface area contributed by atoms with Crippen molar-refractivity contribution in [2.45, 2.75) is 12.1 Å². The van der Waals surface area contributed by atoms with Crippen LogP contribution in [0.5, 0.6) is 5.75 Å². The van der Waals surface area contributed by atoms with Crippen LogP contribution in [0.1, 0.15) is 22.3 Å². The number of hydrogen-bond acceptors (Lipinski definition) is 4. The molecule has 0 atom stereocenters. The van der Waals surface area contributed by atoms with Gasteiger partial charge in [-0.2, -0.15) is 0 Å². The highest BCUT2D eigenvalue weighted by Crippen LogP contribution is 2.42. The van der Waals surface area contributed by atoms with Crippen LogP contribution in [0.2, 0.25) is 0 Å². The Morgan fingerprint density at radius 1 is 0.700 bits per heavy atom. The summed E-state index contributed by atoms with van der Waals surface area (Å²) in [5.74, 6) is 0.835. The summed E-state index contributed by atoms with van der Waals surface area (Å²) in [4.78, 5) is 10.0. The first-order valence-corrected chi connectivity index (χ1v) is 10.5. The second-order valence-corrected chi connectivity index (χ2v) is 7.78. The number of thioether (sulfide) groups is 1. The molecule has 1 heterocycles. The summed E-state index contributed by atoms with van der Waals surface area (Å²) >= 11 is 1.58. The average molecular weight is 411 g/mol. The molecule has 0 fully saturated rings. The minimum Gasteiger partial charge on any atom is -0.497 e. The molecule has 0 unspecified atom stereocenters. The average Bonchev–Trinajstić information content (AvgIpc) is 2.81. The van der Waals surface area contributed by atoms with Crippen LogP contribution in [0.3, 0.4) is 0 Å². The highest BCUT2D eigenvalue weighted by molar-refractivity contribution is 8.08. The van der Waals surface area contributed by atoms with Crippen LogP contribution in [-0.4, -0.2) is 17.1 Å². The van der Waals surface area contributed by atoms with Crippen LogP contribution in [0, 0.1) is 6.92 Å². The number of methoxy groups -OCH3 is 1. The Morgan fingerprint density at radius 2 is 1.30 bits per heavy atom. The Bertz CT molecular complexity index is 1120. The van der Waals surface area contributed by atoms with E-state index in [-0.39, 0.29) is 0 Å². The summed E-state index contributed by atoms with van der Waals surface area (Å²) in [6, 6.07) is 29.1. The zero-order valence-electron chi connectivity index (χ0n) is 16.9. The van der Waals surface area contributed by atoms with Gasteiger partial charge in [0.2, 0.25) is 0 Å². The summed E-state index contributed by atoms with van der Waals surface area (Å²) in [7, 11) is 1.68. The molecule has 0 aliphatic carbocycles. The molecule has 3 aromatic carbocycles. The highest BCUT2D eigenvalue weighted by Gasteiger charge is 2.17. The molecule has 0 saturated heterocycles. The lowest BCUT2D eigenvalue weighted by Crippen LogP contribution is -1.95. The van der Waals surface area contributed by atoms with Crippen molar-refractivity contribution in [2.24, 2.45) is 0 Å². The highest BCUT2D eigenvalue weighted by atomic mass is 32.2. The SMILES string of the molecule is COc1ccc(/C(=C(/Sc2ncccn2)c2ccc(C)cc2)c2ccccc2)cc1. The predicted octanol–water partition coefficient (Wildman–Crippen LogP) is 6.50. The van der Waals surface area contributed by atoms with E-state index in [9.17, 15) is 0 Å². The van der Waals surface area contributed by atoms with Crippen molar-refractivity contribution in [1.29, 1.82) is 0 Å². The van der Waals surface area contributed by atoms with Gasteiger partial charge in [0, 0.05) is 22.9 Å². The van der Waals surface area contributed by atoms with Crippen molar-refractivity contribution >= 4 is 22.2 Å². The molecule has 0 saturated carbocycles. The van der Waals surface area contributed by atoms with Crippen LogP contribution in [0.15, 0.2) is 102 Å².